The van der Waals surface area contributed by atoms with Crippen LogP contribution in [0.15, 0.2) is 36.4 Å². The van der Waals surface area contributed by atoms with Gasteiger partial charge >= 0.3 is 0 Å². The first-order valence-electron chi connectivity index (χ1n) is 6.49. The molecule has 0 aliphatic heterocycles. The Labute approximate surface area is 138 Å². The van der Waals surface area contributed by atoms with Crippen LogP contribution in [0.4, 0.5) is 28.4 Å². The summed E-state index contributed by atoms with van der Waals surface area (Å²) >= 11 is 0. The third kappa shape index (κ3) is 3.64. The number of hydrogen-bond acceptors (Lipinski definition) is 8. The SMILES string of the molecule is Nc1c(C(=O)Nc2ccc([N+](=O)[O-])cc2)cc([N+](=O)[O-])cc1[N+](=O)[O-]. The van der Waals surface area contributed by atoms with Crippen LogP contribution < -0.4 is 11.1 Å². The highest BCUT2D eigenvalue weighted by Crippen LogP contribution is 2.31. The summed E-state index contributed by atoms with van der Waals surface area (Å²) in [6.45, 7) is 0. The number of nitro benzene ring substituents is 3. The summed E-state index contributed by atoms with van der Waals surface area (Å²) in [5, 5.41) is 34.7. The number of nitrogen functional groups attached to an aromatic ring is 1. The molecule has 2 aromatic carbocycles. The molecule has 25 heavy (non-hydrogen) atoms. The standard InChI is InChI=1S/C13H9N5O7/c14-12-10(5-9(17(22)23)6-11(12)18(24)25)13(19)15-7-1-3-8(4-2-7)16(20)21/h1-6H,14H2,(H,15,19). The zero-order chi connectivity index (χ0) is 18.7. The van der Waals surface area contributed by atoms with E-state index in [2.05, 4.69) is 5.32 Å². The van der Waals surface area contributed by atoms with Gasteiger partial charge in [-0.1, -0.05) is 0 Å². The van der Waals surface area contributed by atoms with E-state index in [1.165, 1.54) is 12.1 Å². The lowest BCUT2D eigenvalue weighted by atomic mass is 10.1. The highest BCUT2D eigenvalue weighted by molar-refractivity contribution is 6.09. The summed E-state index contributed by atoms with van der Waals surface area (Å²) in [5.41, 5.74) is 3.06. The maximum absolute atomic E-state index is 12.2. The minimum absolute atomic E-state index is 0.143. The molecule has 128 valence electrons. The molecule has 0 fully saturated rings. The van der Waals surface area contributed by atoms with Crippen LogP contribution in [0.1, 0.15) is 10.4 Å². The number of amides is 1. The molecule has 2 aromatic rings. The van der Waals surface area contributed by atoms with Gasteiger partial charge in [0.1, 0.15) is 5.69 Å². The minimum atomic E-state index is -0.939. The van der Waals surface area contributed by atoms with E-state index in [1.54, 1.807) is 0 Å². The number of carbonyl (C=O) groups is 1. The van der Waals surface area contributed by atoms with Gasteiger partial charge in [-0.25, -0.2) is 0 Å². The highest BCUT2D eigenvalue weighted by Gasteiger charge is 2.25. The Balaban J connectivity index is 2.39. The fourth-order valence-corrected chi connectivity index (χ4v) is 1.93. The Morgan fingerprint density at radius 2 is 1.44 bits per heavy atom. The topological polar surface area (TPSA) is 185 Å². The second-order valence-corrected chi connectivity index (χ2v) is 4.70. The predicted molar refractivity (Wildman–Crippen MR) is 85.2 cm³/mol. The second kappa shape index (κ2) is 6.57. The van der Waals surface area contributed by atoms with E-state index < -0.39 is 43.3 Å². The Kier molecular flexibility index (Phi) is 4.54. The van der Waals surface area contributed by atoms with Crippen LogP contribution in [0, 0.1) is 30.3 Å². The van der Waals surface area contributed by atoms with Crippen molar-refractivity contribution >= 4 is 34.3 Å². The van der Waals surface area contributed by atoms with Crippen LogP contribution in [0.25, 0.3) is 0 Å². The van der Waals surface area contributed by atoms with Crippen molar-refractivity contribution in [2.45, 2.75) is 0 Å². The van der Waals surface area contributed by atoms with Gasteiger partial charge < -0.3 is 11.1 Å². The largest absolute Gasteiger partial charge is 0.392 e. The maximum atomic E-state index is 12.2. The van der Waals surface area contributed by atoms with Crippen molar-refractivity contribution in [2.24, 2.45) is 0 Å². The molecule has 0 aromatic heterocycles. The minimum Gasteiger partial charge on any atom is -0.392 e. The molecule has 0 heterocycles. The lowest BCUT2D eigenvalue weighted by Crippen LogP contribution is -2.15. The summed E-state index contributed by atoms with van der Waals surface area (Å²) in [6.07, 6.45) is 0. The zero-order valence-corrected chi connectivity index (χ0v) is 12.2. The van der Waals surface area contributed by atoms with E-state index in [9.17, 15) is 35.1 Å². The van der Waals surface area contributed by atoms with Gasteiger partial charge in [0.25, 0.3) is 23.0 Å². The van der Waals surface area contributed by atoms with E-state index >= 15 is 0 Å². The Hall–Kier alpha value is -4.09. The van der Waals surface area contributed by atoms with Crippen molar-refractivity contribution < 1.29 is 19.6 Å². The van der Waals surface area contributed by atoms with Crippen molar-refractivity contribution in [1.82, 2.24) is 0 Å². The molecule has 0 radical (unpaired) electrons. The van der Waals surface area contributed by atoms with E-state index in [0.29, 0.717) is 6.07 Å². The molecule has 0 aliphatic carbocycles. The predicted octanol–water partition coefficient (Wildman–Crippen LogP) is 2.25. The number of rotatable bonds is 5. The van der Waals surface area contributed by atoms with Gasteiger partial charge in [0.2, 0.25) is 0 Å². The first-order chi connectivity index (χ1) is 11.7. The third-order valence-corrected chi connectivity index (χ3v) is 3.13. The third-order valence-electron chi connectivity index (χ3n) is 3.13. The summed E-state index contributed by atoms with van der Waals surface area (Å²) in [4.78, 5) is 42.2. The molecule has 0 bridgehead atoms. The number of benzene rings is 2. The normalized spacial score (nSPS) is 10.1. The van der Waals surface area contributed by atoms with Crippen molar-refractivity contribution in [1.29, 1.82) is 0 Å². The zero-order valence-electron chi connectivity index (χ0n) is 12.2. The number of non-ortho nitro benzene ring substituents is 2. The average molecular weight is 347 g/mol. The lowest BCUT2D eigenvalue weighted by molar-refractivity contribution is -0.393. The van der Waals surface area contributed by atoms with Gasteiger partial charge in [0.15, 0.2) is 0 Å². The molecular weight excluding hydrogens is 338 g/mol. The fraction of sp³-hybridized carbons (Fsp3) is 0. The van der Waals surface area contributed by atoms with Crippen molar-refractivity contribution in [3.05, 3.63) is 72.3 Å². The van der Waals surface area contributed by atoms with E-state index in [4.69, 9.17) is 5.73 Å². The molecule has 12 heteroatoms. The molecule has 3 N–H and O–H groups in total. The lowest BCUT2D eigenvalue weighted by Gasteiger charge is -2.08. The van der Waals surface area contributed by atoms with Crippen molar-refractivity contribution in [3.63, 3.8) is 0 Å². The van der Waals surface area contributed by atoms with Crippen LogP contribution in [0.5, 0.6) is 0 Å². The number of nitrogens with two attached hydrogens (primary N) is 1. The maximum Gasteiger partial charge on any atom is 0.299 e. The molecular formula is C13H9N5O7. The molecule has 1 amide bonds. The first kappa shape index (κ1) is 17.3. The summed E-state index contributed by atoms with van der Waals surface area (Å²) in [5.74, 6) is -0.932. The van der Waals surface area contributed by atoms with Gasteiger partial charge in [0.05, 0.1) is 26.4 Å². The fourth-order valence-electron chi connectivity index (χ4n) is 1.93. The second-order valence-electron chi connectivity index (χ2n) is 4.70. The molecule has 0 spiro atoms. The van der Waals surface area contributed by atoms with Crippen LogP contribution in [-0.4, -0.2) is 20.7 Å². The highest BCUT2D eigenvalue weighted by atomic mass is 16.6. The molecule has 2 rings (SSSR count). The first-order valence-corrected chi connectivity index (χ1v) is 6.49. The number of carbonyl (C=O) groups excluding carboxylic acids is 1. The van der Waals surface area contributed by atoms with Crippen LogP contribution in [0.2, 0.25) is 0 Å². The van der Waals surface area contributed by atoms with Gasteiger partial charge in [-0.05, 0) is 12.1 Å². The van der Waals surface area contributed by atoms with E-state index in [1.807, 2.05) is 0 Å². The smallest absolute Gasteiger partial charge is 0.299 e. The number of nitrogens with one attached hydrogen (secondary N) is 1. The van der Waals surface area contributed by atoms with E-state index in [-0.39, 0.29) is 11.4 Å². The summed E-state index contributed by atoms with van der Waals surface area (Å²) in [6, 6.07) is 6.20. The van der Waals surface area contributed by atoms with Crippen LogP contribution in [-0.2, 0) is 0 Å². The van der Waals surface area contributed by atoms with Crippen LogP contribution in [0.3, 0.4) is 0 Å². The Morgan fingerprint density at radius 3 is 1.92 bits per heavy atom. The molecule has 0 saturated carbocycles. The average Bonchev–Trinajstić information content (AvgIpc) is 2.54. The molecule has 12 nitrogen and oxygen atoms in total. The van der Waals surface area contributed by atoms with E-state index in [0.717, 1.165) is 18.2 Å². The van der Waals surface area contributed by atoms with Gasteiger partial charge in [0, 0.05) is 23.9 Å². The van der Waals surface area contributed by atoms with Gasteiger partial charge in [-0.2, -0.15) is 0 Å². The van der Waals surface area contributed by atoms with Crippen molar-refractivity contribution in [3.8, 4) is 0 Å². The Bertz CT molecular complexity index is 894. The number of anilines is 2. The van der Waals surface area contributed by atoms with Crippen molar-refractivity contribution in [2.75, 3.05) is 11.1 Å². The number of nitrogens with zero attached hydrogens (tertiary/aromatic N) is 3. The molecule has 0 unspecified atom stereocenters. The number of hydrogen-bond donors (Lipinski definition) is 2. The molecule has 0 aliphatic rings. The Morgan fingerprint density at radius 1 is 0.880 bits per heavy atom. The summed E-state index contributed by atoms with van der Waals surface area (Å²) < 4.78 is 0. The van der Waals surface area contributed by atoms with Gasteiger partial charge in [-0.15, -0.1) is 0 Å². The molecule has 0 saturated heterocycles. The van der Waals surface area contributed by atoms with Crippen LogP contribution >= 0.6 is 0 Å². The monoisotopic (exact) mass is 347 g/mol. The van der Waals surface area contributed by atoms with Gasteiger partial charge in [-0.3, -0.25) is 35.1 Å². The quantitative estimate of drug-likeness (QED) is 0.468. The number of nitro groups is 3. The molecule has 0 atom stereocenters. The summed E-state index contributed by atoms with van der Waals surface area (Å²) in [7, 11) is 0.